The SMILES string of the molecule is Cc1cc(C)c(NC(=O)CN(C)C(=O)[C@@H]2CC[C@H](CN)O2)c(C)c1.Cl. The highest BCUT2D eigenvalue weighted by molar-refractivity contribution is 5.96. The molecular formula is C18H28ClN3O3. The smallest absolute Gasteiger partial charge is 0.251 e. The highest BCUT2D eigenvalue weighted by atomic mass is 35.5. The normalized spacial score (nSPS) is 19.2. The molecular weight excluding hydrogens is 342 g/mol. The summed E-state index contributed by atoms with van der Waals surface area (Å²) < 4.78 is 5.60. The number of carbonyl (C=O) groups excluding carboxylic acids is 2. The van der Waals surface area contributed by atoms with E-state index in [-0.39, 0.29) is 36.9 Å². The van der Waals surface area contributed by atoms with E-state index in [9.17, 15) is 9.59 Å². The van der Waals surface area contributed by atoms with E-state index in [0.29, 0.717) is 13.0 Å². The van der Waals surface area contributed by atoms with Gasteiger partial charge < -0.3 is 20.7 Å². The topological polar surface area (TPSA) is 84.7 Å². The quantitative estimate of drug-likeness (QED) is 0.830. The number of carbonyl (C=O) groups is 2. The van der Waals surface area contributed by atoms with Gasteiger partial charge in [-0.2, -0.15) is 0 Å². The lowest BCUT2D eigenvalue weighted by molar-refractivity contribution is -0.143. The van der Waals surface area contributed by atoms with Gasteiger partial charge in [-0.25, -0.2) is 0 Å². The van der Waals surface area contributed by atoms with E-state index in [1.165, 1.54) is 4.90 Å². The zero-order valence-electron chi connectivity index (χ0n) is 15.3. The summed E-state index contributed by atoms with van der Waals surface area (Å²) in [6.07, 6.45) is 0.899. The van der Waals surface area contributed by atoms with Crippen molar-refractivity contribution in [3.8, 4) is 0 Å². The minimum Gasteiger partial charge on any atom is -0.364 e. The largest absolute Gasteiger partial charge is 0.364 e. The molecule has 6 nitrogen and oxygen atoms in total. The van der Waals surface area contributed by atoms with E-state index in [1.807, 2.05) is 32.9 Å². The number of hydrogen-bond acceptors (Lipinski definition) is 4. The minimum atomic E-state index is -0.487. The number of rotatable bonds is 5. The first-order chi connectivity index (χ1) is 11.3. The lowest BCUT2D eigenvalue weighted by atomic mass is 10.1. The molecule has 0 radical (unpaired) electrons. The summed E-state index contributed by atoms with van der Waals surface area (Å²) in [5.74, 6) is -0.382. The van der Waals surface area contributed by atoms with Crippen LogP contribution in [0.25, 0.3) is 0 Å². The second-order valence-electron chi connectivity index (χ2n) is 6.58. The van der Waals surface area contributed by atoms with Crippen LogP contribution < -0.4 is 11.1 Å². The van der Waals surface area contributed by atoms with Gasteiger partial charge >= 0.3 is 0 Å². The van der Waals surface area contributed by atoms with Gasteiger partial charge in [-0.15, -0.1) is 12.4 Å². The molecule has 0 aliphatic carbocycles. The van der Waals surface area contributed by atoms with Gasteiger partial charge in [0.15, 0.2) is 0 Å². The van der Waals surface area contributed by atoms with Gasteiger partial charge in [0.25, 0.3) is 5.91 Å². The molecule has 1 fully saturated rings. The highest BCUT2D eigenvalue weighted by Gasteiger charge is 2.32. The van der Waals surface area contributed by atoms with Gasteiger partial charge in [0.2, 0.25) is 5.91 Å². The molecule has 1 aromatic carbocycles. The molecule has 25 heavy (non-hydrogen) atoms. The van der Waals surface area contributed by atoms with Gasteiger partial charge in [-0.3, -0.25) is 9.59 Å². The summed E-state index contributed by atoms with van der Waals surface area (Å²) >= 11 is 0. The molecule has 0 aromatic heterocycles. The Bertz CT molecular complexity index is 613. The first-order valence-corrected chi connectivity index (χ1v) is 8.30. The van der Waals surface area contributed by atoms with Crippen LogP contribution >= 0.6 is 12.4 Å². The Kier molecular flexibility index (Phi) is 7.86. The Morgan fingerprint density at radius 2 is 1.84 bits per heavy atom. The summed E-state index contributed by atoms with van der Waals surface area (Å²) in [4.78, 5) is 26.1. The van der Waals surface area contributed by atoms with Crippen molar-refractivity contribution in [3.63, 3.8) is 0 Å². The molecule has 1 heterocycles. The van der Waals surface area contributed by atoms with Crippen molar-refractivity contribution >= 4 is 29.9 Å². The Balaban J connectivity index is 0.00000312. The monoisotopic (exact) mass is 369 g/mol. The van der Waals surface area contributed by atoms with Crippen molar-refractivity contribution in [1.82, 2.24) is 4.90 Å². The summed E-state index contributed by atoms with van der Waals surface area (Å²) in [5, 5.41) is 2.91. The molecule has 0 bridgehead atoms. The third-order valence-corrected chi connectivity index (χ3v) is 4.34. The molecule has 1 aromatic rings. The molecule has 1 aliphatic rings. The molecule has 3 N–H and O–H groups in total. The second-order valence-corrected chi connectivity index (χ2v) is 6.58. The van der Waals surface area contributed by atoms with Crippen LogP contribution in [0.5, 0.6) is 0 Å². The zero-order chi connectivity index (χ0) is 17.9. The number of nitrogens with one attached hydrogen (secondary N) is 1. The van der Waals surface area contributed by atoms with E-state index in [4.69, 9.17) is 10.5 Å². The van der Waals surface area contributed by atoms with Crippen LogP contribution in [-0.4, -0.2) is 49.1 Å². The fourth-order valence-electron chi connectivity index (χ4n) is 3.16. The highest BCUT2D eigenvalue weighted by Crippen LogP contribution is 2.22. The Hall–Kier alpha value is -1.63. The number of amides is 2. The molecule has 0 saturated carbocycles. The summed E-state index contributed by atoms with van der Waals surface area (Å²) in [6.45, 7) is 6.36. The predicted octanol–water partition coefficient (Wildman–Crippen LogP) is 1.94. The Morgan fingerprint density at radius 1 is 1.24 bits per heavy atom. The molecule has 1 aliphatic heterocycles. The van der Waals surface area contributed by atoms with Gasteiger partial charge in [0, 0.05) is 19.3 Å². The van der Waals surface area contributed by atoms with E-state index in [0.717, 1.165) is 28.8 Å². The number of hydrogen-bond donors (Lipinski definition) is 2. The number of likely N-dealkylation sites (N-methyl/N-ethyl adjacent to an activating group) is 1. The fraction of sp³-hybridized carbons (Fsp3) is 0.556. The molecule has 2 rings (SSSR count). The number of halogens is 1. The zero-order valence-corrected chi connectivity index (χ0v) is 16.1. The van der Waals surface area contributed by atoms with E-state index >= 15 is 0 Å². The van der Waals surface area contributed by atoms with Crippen molar-refractivity contribution in [2.24, 2.45) is 5.73 Å². The van der Waals surface area contributed by atoms with Crippen LogP contribution in [0.1, 0.15) is 29.5 Å². The van der Waals surface area contributed by atoms with Crippen LogP contribution in [0, 0.1) is 20.8 Å². The molecule has 2 atom stereocenters. The number of aryl methyl sites for hydroxylation is 3. The predicted molar refractivity (Wildman–Crippen MR) is 101 cm³/mol. The number of nitrogens with zero attached hydrogens (tertiary/aromatic N) is 1. The minimum absolute atomic E-state index is 0. The molecule has 1 saturated heterocycles. The number of anilines is 1. The number of nitrogens with two attached hydrogens (primary N) is 1. The molecule has 0 spiro atoms. The average Bonchev–Trinajstić information content (AvgIpc) is 2.99. The van der Waals surface area contributed by atoms with Crippen molar-refractivity contribution in [1.29, 1.82) is 0 Å². The Labute approximate surface area is 155 Å². The maximum Gasteiger partial charge on any atom is 0.251 e. The number of ether oxygens (including phenoxy) is 1. The average molecular weight is 370 g/mol. The molecule has 2 amide bonds. The first-order valence-electron chi connectivity index (χ1n) is 8.30. The van der Waals surface area contributed by atoms with Gasteiger partial charge in [-0.05, 0) is 44.7 Å². The molecule has 0 unspecified atom stereocenters. The summed E-state index contributed by atoms with van der Waals surface area (Å²) in [5.41, 5.74) is 9.56. The second kappa shape index (κ2) is 9.17. The standard InChI is InChI=1S/C18H27N3O3.ClH/c1-11-7-12(2)17(13(3)8-11)20-16(22)10-21(4)18(23)15-6-5-14(9-19)24-15;/h7-8,14-15H,5-6,9-10,19H2,1-4H3,(H,20,22);1H/t14-,15+;/m1./s1. The van der Waals surface area contributed by atoms with Gasteiger partial charge in [0.1, 0.15) is 6.10 Å². The van der Waals surface area contributed by atoms with Crippen molar-refractivity contribution in [2.45, 2.75) is 45.8 Å². The van der Waals surface area contributed by atoms with Crippen LogP contribution in [0.2, 0.25) is 0 Å². The molecule has 7 heteroatoms. The fourth-order valence-corrected chi connectivity index (χ4v) is 3.16. The lowest BCUT2D eigenvalue weighted by Gasteiger charge is -2.21. The number of benzene rings is 1. The summed E-state index contributed by atoms with van der Waals surface area (Å²) in [6, 6.07) is 4.05. The third-order valence-electron chi connectivity index (χ3n) is 4.34. The summed E-state index contributed by atoms with van der Waals surface area (Å²) in [7, 11) is 1.62. The van der Waals surface area contributed by atoms with Crippen molar-refractivity contribution in [2.75, 3.05) is 25.5 Å². The lowest BCUT2D eigenvalue weighted by Crippen LogP contribution is -2.41. The Morgan fingerprint density at radius 3 is 2.36 bits per heavy atom. The van der Waals surface area contributed by atoms with Crippen LogP contribution in [0.15, 0.2) is 12.1 Å². The van der Waals surface area contributed by atoms with Crippen LogP contribution in [0.4, 0.5) is 5.69 Å². The van der Waals surface area contributed by atoms with Crippen molar-refractivity contribution in [3.05, 3.63) is 28.8 Å². The maximum atomic E-state index is 12.4. The van der Waals surface area contributed by atoms with Crippen molar-refractivity contribution < 1.29 is 14.3 Å². The van der Waals surface area contributed by atoms with E-state index in [1.54, 1.807) is 7.05 Å². The van der Waals surface area contributed by atoms with E-state index in [2.05, 4.69) is 5.32 Å². The van der Waals surface area contributed by atoms with E-state index < -0.39 is 6.10 Å². The maximum absolute atomic E-state index is 12.4. The molecule has 140 valence electrons. The van der Waals surface area contributed by atoms with Gasteiger partial charge in [-0.1, -0.05) is 17.7 Å². The van der Waals surface area contributed by atoms with Crippen LogP contribution in [0.3, 0.4) is 0 Å². The third kappa shape index (κ3) is 5.42. The van der Waals surface area contributed by atoms with Gasteiger partial charge in [0.05, 0.1) is 12.6 Å². The van der Waals surface area contributed by atoms with Crippen LogP contribution in [-0.2, 0) is 14.3 Å². The first kappa shape index (κ1) is 21.4.